The van der Waals surface area contributed by atoms with Crippen molar-refractivity contribution in [3.8, 4) is 11.5 Å². The highest BCUT2D eigenvalue weighted by molar-refractivity contribution is 6.30. The van der Waals surface area contributed by atoms with Crippen molar-refractivity contribution in [1.82, 2.24) is 9.38 Å². The molecule has 0 aliphatic rings. The van der Waals surface area contributed by atoms with Gasteiger partial charge in [-0.25, -0.2) is 9.78 Å². The van der Waals surface area contributed by atoms with Gasteiger partial charge >= 0.3 is 5.97 Å². The first kappa shape index (κ1) is 16.9. The van der Waals surface area contributed by atoms with Crippen molar-refractivity contribution >= 4 is 29.3 Å². The van der Waals surface area contributed by atoms with E-state index in [2.05, 4.69) is 4.98 Å². The van der Waals surface area contributed by atoms with Crippen LogP contribution in [0.2, 0.25) is 5.02 Å². The lowest BCUT2D eigenvalue weighted by Gasteiger charge is -2.10. The molecule has 0 saturated carbocycles. The summed E-state index contributed by atoms with van der Waals surface area (Å²) in [7, 11) is 1.53. The molecule has 0 aliphatic heterocycles. The lowest BCUT2D eigenvalue weighted by molar-refractivity contribution is -0.131. The van der Waals surface area contributed by atoms with Gasteiger partial charge in [-0.3, -0.25) is 0 Å². The predicted octanol–water partition coefficient (Wildman–Crippen LogP) is 3.67. The van der Waals surface area contributed by atoms with Crippen LogP contribution in [0.15, 0.2) is 48.8 Å². The summed E-state index contributed by atoms with van der Waals surface area (Å²) in [6, 6.07) is 8.79. The number of aliphatic carboxylic acids is 1. The van der Waals surface area contributed by atoms with E-state index >= 15 is 0 Å². The van der Waals surface area contributed by atoms with Crippen molar-refractivity contribution in [1.29, 1.82) is 0 Å². The molecule has 0 radical (unpaired) electrons. The molecule has 0 amide bonds. The van der Waals surface area contributed by atoms with Gasteiger partial charge < -0.3 is 19.0 Å². The van der Waals surface area contributed by atoms with Gasteiger partial charge in [0, 0.05) is 18.5 Å². The summed E-state index contributed by atoms with van der Waals surface area (Å²) in [5.41, 5.74) is 2.23. The fourth-order valence-corrected chi connectivity index (χ4v) is 2.48. The van der Waals surface area contributed by atoms with Gasteiger partial charge in [0.15, 0.2) is 11.5 Å². The first-order valence-corrected chi connectivity index (χ1v) is 7.78. The van der Waals surface area contributed by atoms with Crippen LogP contribution in [0.1, 0.15) is 11.3 Å². The largest absolute Gasteiger partial charge is 0.493 e. The van der Waals surface area contributed by atoms with E-state index in [0.29, 0.717) is 22.1 Å². The Morgan fingerprint density at radius 1 is 1.28 bits per heavy atom. The first-order valence-electron chi connectivity index (χ1n) is 7.40. The zero-order chi connectivity index (χ0) is 17.8. The number of fused-ring (bicyclic) bond motifs is 1. The number of hydrogen-bond acceptors (Lipinski definition) is 4. The zero-order valence-electron chi connectivity index (χ0n) is 13.3. The molecule has 0 unspecified atom stereocenters. The predicted molar refractivity (Wildman–Crippen MR) is 94.2 cm³/mol. The average molecular weight is 359 g/mol. The molecule has 128 valence electrons. The van der Waals surface area contributed by atoms with E-state index in [-0.39, 0.29) is 6.61 Å². The third-order valence-corrected chi connectivity index (χ3v) is 3.67. The van der Waals surface area contributed by atoms with Gasteiger partial charge in [0.2, 0.25) is 0 Å². The quantitative estimate of drug-likeness (QED) is 0.680. The molecule has 2 heterocycles. The Labute approximate surface area is 148 Å². The highest BCUT2D eigenvalue weighted by Crippen LogP contribution is 2.29. The maximum atomic E-state index is 10.6. The van der Waals surface area contributed by atoms with E-state index in [1.54, 1.807) is 30.5 Å². The second-order valence-corrected chi connectivity index (χ2v) is 5.65. The summed E-state index contributed by atoms with van der Waals surface area (Å²) >= 11 is 5.96. The standard InChI is InChI=1S/C18H15ClN2O4/c1-24-16-8-12(3-7-18(22)23)2-5-15(16)25-11-14-10-21-9-13(19)4-6-17(21)20-14/h2-10H,11H2,1H3,(H,22,23)/b7-3+. The summed E-state index contributed by atoms with van der Waals surface area (Å²) in [6.45, 7) is 0.264. The fraction of sp³-hybridized carbons (Fsp3) is 0.111. The molecule has 0 aliphatic carbocycles. The van der Waals surface area contributed by atoms with Gasteiger partial charge in [0.05, 0.1) is 17.8 Å². The Hall–Kier alpha value is -2.99. The van der Waals surface area contributed by atoms with Crippen molar-refractivity contribution in [3.05, 3.63) is 65.1 Å². The van der Waals surface area contributed by atoms with E-state index in [1.165, 1.54) is 13.2 Å². The Kier molecular flexibility index (Phi) is 4.90. The molecular formula is C18H15ClN2O4. The molecule has 6 nitrogen and oxygen atoms in total. The van der Waals surface area contributed by atoms with Crippen LogP contribution < -0.4 is 9.47 Å². The van der Waals surface area contributed by atoms with Crippen LogP contribution in [0, 0.1) is 0 Å². The number of pyridine rings is 1. The van der Waals surface area contributed by atoms with Crippen LogP contribution in [0.25, 0.3) is 11.7 Å². The molecule has 3 aromatic rings. The SMILES string of the molecule is COc1cc(/C=C/C(=O)O)ccc1OCc1cn2cc(Cl)ccc2n1. The third kappa shape index (κ3) is 4.10. The van der Waals surface area contributed by atoms with Crippen molar-refractivity contribution in [2.45, 2.75) is 6.61 Å². The number of halogens is 1. The van der Waals surface area contributed by atoms with E-state index in [1.807, 2.05) is 16.7 Å². The topological polar surface area (TPSA) is 73.1 Å². The number of carboxylic acid groups (broad SMARTS) is 1. The van der Waals surface area contributed by atoms with Crippen LogP contribution in [0.4, 0.5) is 0 Å². The molecule has 1 aromatic carbocycles. The Balaban J connectivity index is 1.76. The smallest absolute Gasteiger partial charge is 0.328 e. The summed E-state index contributed by atoms with van der Waals surface area (Å²) in [5.74, 6) is 0.0515. The van der Waals surface area contributed by atoms with Gasteiger partial charge in [-0.05, 0) is 35.9 Å². The van der Waals surface area contributed by atoms with Crippen LogP contribution >= 0.6 is 11.6 Å². The van der Waals surface area contributed by atoms with Crippen molar-refractivity contribution in [2.75, 3.05) is 7.11 Å². The maximum absolute atomic E-state index is 10.6. The molecule has 0 spiro atoms. The van der Waals surface area contributed by atoms with Crippen LogP contribution in [-0.4, -0.2) is 27.6 Å². The van der Waals surface area contributed by atoms with E-state index in [4.69, 9.17) is 26.2 Å². The maximum Gasteiger partial charge on any atom is 0.328 e. The van der Waals surface area contributed by atoms with Crippen molar-refractivity contribution in [3.63, 3.8) is 0 Å². The average Bonchev–Trinajstić information content (AvgIpc) is 3.00. The van der Waals surface area contributed by atoms with Gasteiger partial charge in [-0.2, -0.15) is 0 Å². The number of rotatable bonds is 6. The van der Waals surface area contributed by atoms with E-state index in [9.17, 15) is 4.79 Å². The molecule has 7 heteroatoms. The number of imidazole rings is 1. The number of aromatic nitrogens is 2. The molecule has 0 bridgehead atoms. The lowest BCUT2D eigenvalue weighted by atomic mass is 10.2. The normalized spacial score (nSPS) is 11.1. The van der Waals surface area contributed by atoms with Gasteiger partial charge in [-0.15, -0.1) is 0 Å². The number of nitrogens with zero attached hydrogens (tertiary/aromatic N) is 2. The number of ether oxygens (including phenoxy) is 2. The summed E-state index contributed by atoms with van der Waals surface area (Å²) < 4.78 is 12.9. The first-order chi connectivity index (χ1) is 12.0. The molecular weight excluding hydrogens is 344 g/mol. The summed E-state index contributed by atoms with van der Waals surface area (Å²) in [5, 5.41) is 9.31. The number of carbonyl (C=O) groups is 1. The van der Waals surface area contributed by atoms with Crippen LogP contribution in [-0.2, 0) is 11.4 Å². The highest BCUT2D eigenvalue weighted by Gasteiger charge is 2.08. The van der Waals surface area contributed by atoms with Crippen LogP contribution in [0.5, 0.6) is 11.5 Å². The van der Waals surface area contributed by atoms with Gasteiger partial charge in [-0.1, -0.05) is 17.7 Å². The second-order valence-electron chi connectivity index (χ2n) is 5.22. The third-order valence-electron chi connectivity index (χ3n) is 3.45. The summed E-state index contributed by atoms with van der Waals surface area (Å²) in [6.07, 6.45) is 6.17. The molecule has 0 fully saturated rings. The molecule has 0 atom stereocenters. The van der Waals surface area contributed by atoms with Crippen molar-refractivity contribution < 1.29 is 19.4 Å². The lowest BCUT2D eigenvalue weighted by Crippen LogP contribution is -1.98. The number of hydrogen-bond donors (Lipinski definition) is 1. The second kappa shape index (κ2) is 7.27. The molecule has 3 rings (SSSR count). The molecule has 2 aromatic heterocycles. The Bertz CT molecular complexity index is 949. The van der Waals surface area contributed by atoms with E-state index < -0.39 is 5.97 Å². The number of benzene rings is 1. The summed E-state index contributed by atoms with van der Waals surface area (Å²) in [4.78, 5) is 15.0. The van der Waals surface area contributed by atoms with Gasteiger partial charge in [0.1, 0.15) is 12.3 Å². The Morgan fingerprint density at radius 2 is 2.12 bits per heavy atom. The Morgan fingerprint density at radius 3 is 2.88 bits per heavy atom. The minimum Gasteiger partial charge on any atom is -0.493 e. The number of carboxylic acids is 1. The zero-order valence-corrected chi connectivity index (χ0v) is 14.1. The molecule has 25 heavy (non-hydrogen) atoms. The number of methoxy groups -OCH3 is 1. The monoisotopic (exact) mass is 358 g/mol. The van der Waals surface area contributed by atoms with Gasteiger partial charge in [0.25, 0.3) is 0 Å². The van der Waals surface area contributed by atoms with Crippen LogP contribution in [0.3, 0.4) is 0 Å². The highest BCUT2D eigenvalue weighted by atomic mass is 35.5. The minimum absolute atomic E-state index is 0.264. The van der Waals surface area contributed by atoms with E-state index in [0.717, 1.165) is 17.4 Å². The minimum atomic E-state index is -1.01. The fourth-order valence-electron chi connectivity index (χ4n) is 2.31. The molecule has 0 saturated heterocycles. The van der Waals surface area contributed by atoms with Crippen molar-refractivity contribution in [2.24, 2.45) is 0 Å². The molecule has 1 N–H and O–H groups in total.